The Morgan fingerprint density at radius 1 is 1.16 bits per heavy atom. The van der Waals surface area contributed by atoms with Gasteiger partial charge in [0, 0.05) is 11.6 Å². The summed E-state index contributed by atoms with van der Waals surface area (Å²) >= 11 is 0. The Hall–Kier alpha value is -0.905. The van der Waals surface area contributed by atoms with Crippen LogP contribution in [0.25, 0.3) is 0 Å². The topological polar surface area (TPSA) is 44.5 Å². The highest BCUT2D eigenvalue weighted by Gasteiger charge is 2.51. The second-order valence-electron chi connectivity index (χ2n) is 6.16. The van der Waals surface area contributed by atoms with Crippen LogP contribution in [-0.4, -0.2) is 18.3 Å². The minimum absolute atomic E-state index is 0.296. The van der Waals surface area contributed by atoms with E-state index in [9.17, 15) is 4.39 Å². The molecule has 1 atom stereocenters. The van der Waals surface area contributed by atoms with Crippen molar-refractivity contribution in [2.24, 2.45) is 5.73 Å². The van der Waals surface area contributed by atoms with E-state index in [1.165, 1.54) is 6.07 Å². The molecule has 0 amide bonds. The fraction of sp³-hybridized carbons (Fsp3) is 0.571. The first-order valence-corrected chi connectivity index (χ1v) is 6.54. The van der Waals surface area contributed by atoms with Crippen LogP contribution in [0.4, 0.5) is 4.39 Å². The van der Waals surface area contributed by atoms with Gasteiger partial charge in [-0.25, -0.2) is 4.39 Å². The fourth-order valence-corrected chi connectivity index (χ4v) is 2.04. The van der Waals surface area contributed by atoms with Crippen molar-refractivity contribution in [3.63, 3.8) is 0 Å². The maximum atomic E-state index is 13.6. The number of nitrogens with two attached hydrogens (primary N) is 1. The van der Waals surface area contributed by atoms with Crippen molar-refractivity contribution in [2.75, 3.05) is 0 Å². The smallest absolute Gasteiger partial charge is 0.399 e. The Kier molecular flexibility index (Phi) is 3.50. The Bertz CT molecular complexity index is 472. The van der Waals surface area contributed by atoms with Crippen LogP contribution in [0.15, 0.2) is 18.2 Å². The molecule has 104 valence electrons. The Morgan fingerprint density at radius 2 is 1.68 bits per heavy atom. The molecule has 0 spiro atoms. The SMILES string of the molecule is CC(N)c1cc(B2OC(C)(C)C(C)(C)O2)ccc1F. The number of halogens is 1. The van der Waals surface area contributed by atoms with Crippen LogP contribution in [0.5, 0.6) is 0 Å². The molecule has 1 fully saturated rings. The summed E-state index contributed by atoms with van der Waals surface area (Å²) in [6.45, 7) is 9.71. The van der Waals surface area contributed by atoms with E-state index >= 15 is 0 Å². The molecule has 0 saturated carbocycles. The average Bonchev–Trinajstić information content (AvgIpc) is 2.48. The van der Waals surface area contributed by atoms with E-state index in [2.05, 4.69) is 0 Å². The van der Waals surface area contributed by atoms with E-state index < -0.39 is 18.3 Å². The summed E-state index contributed by atoms with van der Waals surface area (Å²) in [6.07, 6.45) is 0. The van der Waals surface area contributed by atoms with Crippen LogP contribution in [0, 0.1) is 5.82 Å². The lowest BCUT2D eigenvalue weighted by molar-refractivity contribution is 0.00578. The Morgan fingerprint density at radius 3 is 2.16 bits per heavy atom. The Labute approximate surface area is 114 Å². The van der Waals surface area contributed by atoms with Crippen molar-refractivity contribution < 1.29 is 13.7 Å². The molecule has 0 aliphatic carbocycles. The quantitative estimate of drug-likeness (QED) is 0.833. The van der Waals surface area contributed by atoms with Crippen LogP contribution in [-0.2, 0) is 9.31 Å². The highest BCUT2D eigenvalue weighted by atomic mass is 19.1. The minimum atomic E-state index is -0.483. The second-order valence-corrected chi connectivity index (χ2v) is 6.16. The molecule has 3 nitrogen and oxygen atoms in total. The monoisotopic (exact) mass is 265 g/mol. The van der Waals surface area contributed by atoms with Gasteiger partial charge >= 0.3 is 7.12 Å². The van der Waals surface area contributed by atoms with Gasteiger partial charge in [-0.1, -0.05) is 12.1 Å². The van der Waals surface area contributed by atoms with Crippen LogP contribution in [0.1, 0.15) is 46.2 Å². The second kappa shape index (κ2) is 4.58. The third-order valence-corrected chi connectivity index (χ3v) is 4.04. The molecule has 1 aromatic carbocycles. The van der Waals surface area contributed by atoms with Gasteiger partial charge in [0.1, 0.15) is 5.82 Å². The summed E-state index contributed by atoms with van der Waals surface area (Å²) in [6, 6.07) is 4.47. The van der Waals surface area contributed by atoms with E-state index in [1.54, 1.807) is 19.1 Å². The third kappa shape index (κ3) is 2.55. The van der Waals surface area contributed by atoms with Gasteiger partial charge in [-0.05, 0) is 46.1 Å². The third-order valence-electron chi connectivity index (χ3n) is 4.04. The minimum Gasteiger partial charge on any atom is -0.399 e. The molecule has 19 heavy (non-hydrogen) atoms. The standard InChI is InChI=1S/C14H21BFNO2/c1-9(17)11-8-10(6-7-12(11)16)15-18-13(2,3)14(4,5)19-15/h6-9H,17H2,1-5H3. The normalized spacial score (nSPS) is 22.6. The maximum absolute atomic E-state index is 13.6. The molecule has 1 aliphatic rings. The number of benzene rings is 1. The largest absolute Gasteiger partial charge is 0.494 e. The number of hydrogen-bond acceptors (Lipinski definition) is 3. The lowest BCUT2D eigenvalue weighted by Gasteiger charge is -2.32. The first kappa shape index (κ1) is 14.5. The molecule has 1 heterocycles. The molecule has 5 heteroatoms. The van der Waals surface area contributed by atoms with Gasteiger partial charge in [-0.15, -0.1) is 0 Å². The highest BCUT2D eigenvalue weighted by molar-refractivity contribution is 6.62. The lowest BCUT2D eigenvalue weighted by atomic mass is 9.78. The van der Waals surface area contributed by atoms with E-state index in [1.807, 2.05) is 27.7 Å². The summed E-state index contributed by atoms with van der Waals surface area (Å²) in [5.41, 5.74) is 6.24. The first-order chi connectivity index (χ1) is 8.64. The molecule has 0 bridgehead atoms. The van der Waals surface area contributed by atoms with Crippen LogP contribution < -0.4 is 11.2 Å². The predicted molar refractivity (Wildman–Crippen MR) is 74.7 cm³/mol. The summed E-state index contributed by atoms with van der Waals surface area (Å²) in [5.74, 6) is -0.296. The lowest BCUT2D eigenvalue weighted by Crippen LogP contribution is -2.41. The summed E-state index contributed by atoms with van der Waals surface area (Å²) in [4.78, 5) is 0. The fourth-order valence-electron chi connectivity index (χ4n) is 2.04. The van der Waals surface area contributed by atoms with Gasteiger partial charge in [0.25, 0.3) is 0 Å². The van der Waals surface area contributed by atoms with Crippen LogP contribution in [0.2, 0.25) is 0 Å². The van der Waals surface area contributed by atoms with Gasteiger partial charge in [-0.2, -0.15) is 0 Å². The summed E-state index contributed by atoms with van der Waals surface area (Å²) in [7, 11) is -0.483. The molecule has 1 saturated heterocycles. The van der Waals surface area contributed by atoms with Crippen molar-refractivity contribution in [3.8, 4) is 0 Å². The van der Waals surface area contributed by atoms with Gasteiger partial charge in [0.15, 0.2) is 0 Å². The van der Waals surface area contributed by atoms with E-state index in [0.717, 1.165) is 5.46 Å². The van der Waals surface area contributed by atoms with Crippen LogP contribution in [0.3, 0.4) is 0 Å². The number of hydrogen-bond donors (Lipinski definition) is 1. The zero-order valence-corrected chi connectivity index (χ0v) is 12.2. The molecule has 2 rings (SSSR count). The molecular formula is C14H21BFNO2. The van der Waals surface area contributed by atoms with Gasteiger partial charge in [0.2, 0.25) is 0 Å². The van der Waals surface area contributed by atoms with Crippen molar-refractivity contribution in [1.29, 1.82) is 0 Å². The number of rotatable bonds is 2. The van der Waals surface area contributed by atoms with Gasteiger partial charge < -0.3 is 15.0 Å². The molecule has 0 radical (unpaired) electrons. The Balaban J connectivity index is 2.32. The molecule has 2 N–H and O–H groups in total. The highest BCUT2D eigenvalue weighted by Crippen LogP contribution is 2.36. The van der Waals surface area contributed by atoms with E-state index in [0.29, 0.717) is 5.56 Å². The van der Waals surface area contributed by atoms with Crippen molar-refractivity contribution >= 4 is 12.6 Å². The molecule has 1 aromatic rings. The van der Waals surface area contributed by atoms with Crippen molar-refractivity contribution in [3.05, 3.63) is 29.6 Å². The van der Waals surface area contributed by atoms with Crippen molar-refractivity contribution in [2.45, 2.75) is 51.9 Å². The zero-order valence-electron chi connectivity index (χ0n) is 12.2. The summed E-state index contributed by atoms with van der Waals surface area (Å²) in [5, 5.41) is 0. The molecule has 0 aromatic heterocycles. The maximum Gasteiger partial charge on any atom is 0.494 e. The van der Waals surface area contributed by atoms with Crippen molar-refractivity contribution in [1.82, 2.24) is 0 Å². The molecule has 1 unspecified atom stereocenters. The van der Waals surface area contributed by atoms with Gasteiger partial charge in [-0.3, -0.25) is 0 Å². The summed E-state index contributed by atoms with van der Waals surface area (Å²) < 4.78 is 25.5. The molecular weight excluding hydrogens is 244 g/mol. The van der Waals surface area contributed by atoms with Gasteiger partial charge in [0.05, 0.1) is 11.2 Å². The van der Waals surface area contributed by atoms with E-state index in [4.69, 9.17) is 15.0 Å². The van der Waals surface area contributed by atoms with E-state index in [-0.39, 0.29) is 11.9 Å². The molecule has 1 aliphatic heterocycles. The zero-order chi connectivity index (χ0) is 14.4. The average molecular weight is 265 g/mol. The predicted octanol–water partition coefficient (Wildman–Crippen LogP) is 2.14. The van der Waals surface area contributed by atoms with Crippen LogP contribution >= 0.6 is 0 Å². The first-order valence-electron chi connectivity index (χ1n) is 6.54.